The maximum absolute atomic E-state index is 13.7. The first-order valence-electron chi connectivity index (χ1n) is 11.5. The minimum absolute atomic E-state index is 0.176. The molecule has 10 heteroatoms. The third kappa shape index (κ3) is 4.64. The summed E-state index contributed by atoms with van der Waals surface area (Å²) in [6.45, 7) is 0.796. The molecule has 2 aromatic heterocycles. The first kappa shape index (κ1) is 23.4. The van der Waals surface area contributed by atoms with E-state index in [4.69, 9.17) is 4.74 Å². The van der Waals surface area contributed by atoms with Crippen LogP contribution in [0.5, 0.6) is 0 Å². The van der Waals surface area contributed by atoms with Gasteiger partial charge >= 0.3 is 10.2 Å². The van der Waals surface area contributed by atoms with E-state index in [-0.39, 0.29) is 18.1 Å². The summed E-state index contributed by atoms with van der Waals surface area (Å²) in [6, 6.07) is 10.6. The number of ether oxygens (including phenoxy) is 1. The summed E-state index contributed by atoms with van der Waals surface area (Å²) in [7, 11) is -0.607. The molecule has 1 saturated heterocycles. The van der Waals surface area contributed by atoms with Crippen molar-refractivity contribution in [1.29, 1.82) is 0 Å². The zero-order chi connectivity index (χ0) is 24.6. The van der Waals surface area contributed by atoms with Crippen LogP contribution in [0.3, 0.4) is 0 Å². The third-order valence-corrected chi connectivity index (χ3v) is 7.84. The van der Waals surface area contributed by atoms with Gasteiger partial charge in [0.05, 0.1) is 30.0 Å². The zero-order valence-electron chi connectivity index (χ0n) is 19.6. The molecule has 0 saturated carbocycles. The maximum atomic E-state index is 13.7. The van der Waals surface area contributed by atoms with Crippen LogP contribution in [0, 0.1) is 0 Å². The van der Waals surface area contributed by atoms with Gasteiger partial charge in [-0.2, -0.15) is 13.5 Å². The van der Waals surface area contributed by atoms with E-state index in [9.17, 15) is 13.2 Å². The molecule has 0 amide bonds. The van der Waals surface area contributed by atoms with Crippen LogP contribution in [-0.2, 0) is 22.0 Å². The van der Waals surface area contributed by atoms with Crippen LogP contribution in [0.1, 0.15) is 19.3 Å². The summed E-state index contributed by atoms with van der Waals surface area (Å²) >= 11 is 0. The number of pyridine rings is 1. The summed E-state index contributed by atoms with van der Waals surface area (Å²) < 4.78 is 37.1. The van der Waals surface area contributed by atoms with Crippen molar-refractivity contribution >= 4 is 37.6 Å². The Balaban J connectivity index is 1.65. The molecule has 3 heterocycles. The van der Waals surface area contributed by atoms with Gasteiger partial charge in [0.15, 0.2) is 5.43 Å². The number of benzene rings is 1. The van der Waals surface area contributed by atoms with E-state index in [1.54, 1.807) is 35.3 Å². The largest absolute Gasteiger partial charge is 0.376 e. The van der Waals surface area contributed by atoms with Gasteiger partial charge in [-0.25, -0.2) is 4.72 Å². The van der Waals surface area contributed by atoms with Crippen LogP contribution in [-0.4, -0.2) is 49.5 Å². The van der Waals surface area contributed by atoms with Gasteiger partial charge in [-0.05, 0) is 48.9 Å². The molecule has 0 bridgehead atoms. The second kappa shape index (κ2) is 9.37. The fourth-order valence-electron chi connectivity index (χ4n) is 4.46. The Labute approximate surface area is 203 Å². The van der Waals surface area contributed by atoms with Crippen LogP contribution >= 0.6 is 0 Å². The summed E-state index contributed by atoms with van der Waals surface area (Å²) in [5.74, 6) is 0. The fourth-order valence-corrected chi connectivity index (χ4v) is 5.44. The average molecular weight is 494 g/mol. The fraction of sp³-hybridized carbons (Fsp3) is 0.320. The molecule has 0 spiro atoms. The van der Waals surface area contributed by atoms with Crippen molar-refractivity contribution in [1.82, 2.24) is 19.5 Å². The van der Waals surface area contributed by atoms with Gasteiger partial charge in [0.2, 0.25) is 0 Å². The number of hydrogen-bond donors (Lipinski definition) is 1. The van der Waals surface area contributed by atoms with Gasteiger partial charge in [0.1, 0.15) is 0 Å². The highest BCUT2D eigenvalue weighted by Crippen LogP contribution is 2.26. The number of aromatic nitrogens is 3. The van der Waals surface area contributed by atoms with E-state index < -0.39 is 10.2 Å². The molecular formula is C25H27N5O4S. The highest BCUT2D eigenvalue weighted by atomic mass is 32.2. The van der Waals surface area contributed by atoms with E-state index in [1.165, 1.54) is 11.4 Å². The lowest BCUT2D eigenvalue weighted by Crippen LogP contribution is -2.44. The summed E-state index contributed by atoms with van der Waals surface area (Å²) in [5, 5.41) is 5.78. The topological polar surface area (TPSA) is 106 Å². The van der Waals surface area contributed by atoms with E-state index in [2.05, 4.69) is 14.8 Å². The SMILES string of the molecule is CNS(=O)(=O)N(CC1CCCCO1)c1ccc2ccc3ncc(-c4cnn(C)c4)cc3c(=O)c2c1. The molecule has 9 nitrogen and oxygen atoms in total. The van der Waals surface area contributed by atoms with Gasteiger partial charge < -0.3 is 4.74 Å². The molecule has 1 aliphatic rings. The van der Waals surface area contributed by atoms with Gasteiger partial charge in [0, 0.05) is 55.0 Å². The molecule has 1 N–H and O–H groups in total. The summed E-state index contributed by atoms with van der Waals surface area (Å²) in [5.41, 5.74) is 2.41. The molecule has 1 fully saturated rings. The normalized spacial score (nSPS) is 16.6. The lowest BCUT2D eigenvalue weighted by molar-refractivity contribution is 0.0228. The Morgan fingerprint density at radius 2 is 1.94 bits per heavy atom. The lowest BCUT2D eigenvalue weighted by atomic mass is 10.1. The second-order valence-corrected chi connectivity index (χ2v) is 10.5. The number of anilines is 1. The van der Waals surface area contributed by atoms with Crippen molar-refractivity contribution in [2.24, 2.45) is 7.05 Å². The van der Waals surface area contributed by atoms with Gasteiger partial charge in [0.25, 0.3) is 0 Å². The van der Waals surface area contributed by atoms with E-state index in [0.29, 0.717) is 34.0 Å². The van der Waals surface area contributed by atoms with Crippen LogP contribution in [0.25, 0.3) is 32.8 Å². The minimum atomic E-state index is -3.81. The molecule has 0 radical (unpaired) electrons. The molecule has 35 heavy (non-hydrogen) atoms. The highest BCUT2D eigenvalue weighted by molar-refractivity contribution is 7.90. The minimum Gasteiger partial charge on any atom is -0.376 e. The third-order valence-electron chi connectivity index (χ3n) is 6.38. The molecule has 1 aliphatic heterocycles. The van der Waals surface area contributed by atoms with Gasteiger partial charge in [-0.3, -0.25) is 18.8 Å². The molecule has 2 aromatic carbocycles. The Hall–Kier alpha value is -3.34. The van der Waals surface area contributed by atoms with E-state index in [0.717, 1.165) is 30.4 Å². The summed E-state index contributed by atoms with van der Waals surface area (Å²) in [4.78, 5) is 18.2. The van der Waals surface area contributed by atoms with Gasteiger partial charge in [-0.15, -0.1) is 0 Å². The lowest BCUT2D eigenvalue weighted by Gasteiger charge is -2.30. The molecular weight excluding hydrogens is 466 g/mol. The number of aryl methyl sites for hydroxylation is 1. The maximum Gasteiger partial charge on any atom is 0.301 e. The number of rotatable bonds is 6. The van der Waals surface area contributed by atoms with Crippen LogP contribution in [0.2, 0.25) is 0 Å². The Kier molecular flexibility index (Phi) is 6.26. The van der Waals surface area contributed by atoms with Crippen molar-refractivity contribution < 1.29 is 13.2 Å². The second-order valence-electron chi connectivity index (χ2n) is 8.72. The summed E-state index contributed by atoms with van der Waals surface area (Å²) in [6.07, 6.45) is 7.87. The average Bonchev–Trinajstić information content (AvgIpc) is 3.26. The van der Waals surface area contributed by atoms with Crippen molar-refractivity contribution in [2.75, 3.05) is 24.5 Å². The highest BCUT2D eigenvalue weighted by Gasteiger charge is 2.26. The zero-order valence-corrected chi connectivity index (χ0v) is 20.5. The predicted octanol–water partition coefficient (Wildman–Crippen LogP) is 2.99. The van der Waals surface area contributed by atoms with Crippen molar-refractivity contribution in [3.05, 3.63) is 65.2 Å². The number of nitrogens with zero attached hydrogens (tertiary/aromatic N) is 4. The van der Waals surface area contributed by atoms with Gasteiger partial charge in [-0.1, -0.05) is 12.1 Å². The standard InChI is InChI=1S/C25H27N5O4S/c1-26-35(32,33)30(16-21-5-3-4-10-34-21)20-8-6-17-7-9-24-23(25(31)22(17)12-20)11-18(13-27-24)19-14-28-29(2)15-19/h6-9,11-15,21,26H,3-5,10,16H2,1-2H3. The monoisotopic (exact) mass is 493 g/mol. The van der Waals surface area contributed by atoms with Crippen molar-refractivity contribution in [3.8, 4) is 11.1 Å². The predicted molar refractivity (Wildman–Crippen MR) is 137 cm³/mol. The van der Waals surface area contributed by atoms with E-state index in [1.807, 2.05) is 31.4 Å². The number of fused-ring (bicyclic) bond motifs is 2. The molecule has 1 atom stereocenters. The first-order valence-corrected chi connectivity index (χ1v) is 13.0. The molecule has 182 valence electrons. The van der Waals surface area contributed by atoms with Crippen molar-refractivity contribution in [2.45, 2.75) is 25.4 Å². The Morgan fingerprint density at radius 1 is 1.11 bits per heavy atom. The van der Waals surface area contributed by atoms with Crippen LogP contribution in [0.15, 0.2) is 59.8 Å². The number of nitrogens with one attached hydrogen (secondary N) is 1. The molecule has 1 unspecified atom stereocenters. The van der Waals surface area contributed by atoms with Crippen molar-refractivity contribution in [3.63, 3.8) is 0 Å². The van der Waals surface area contributed by atoms with E-state index >= 15 is 0 Å². The van der Waals surface area contributed by atoms with Crippen LogP contribution in [0.4, 0.5) is 5.69 Å². The molecule has 0 aliphatic carbocycles. The first-order chi connectivity index (χ1) is 16.9. The molecule has 5 rings (SSSR count). The smallest absolute Gasteiger partial charge is 0.301 e. The number of hydrogen-bond acceptors (Lipinski definition) is 6. The quantitative estimate of drug-likeness (QED) is 0.443. The van der Waals surface area contributed by atoms with Crippen LogP contribution < -0.4 is 14.5 Å². The molecule has 4 aromatic rings. The Bertz CT molecular complexity index is 1560. The Morgan fingerprint density at radius 3 is 2.66 bits per heavy atom.